The summed E-state index contributed by atoms with van der Waals surface area (Å²) >= 11 is 0. The Morgan fingerprint density at radius 2 is 1.25 bits per heavy atom. The van der Waals surface area contributed by atoms with Gasteiger partial charge in [0.25, 0.3) is 0 Å². The van der Waals surface area contributed by atoms with Crippen molar-refractivity contribution in [1.29, 1.82) is 0 Å². The highest BCUT2D eigenvalue weighted by atomic mass is 15.1. The molecule has 0 aromatic heterocycles. The van der Waals surface area contributed by atoms with Gasteiger partial charge >= 0.3 is 0 Å². The molecule has 2 heteroatoms. The maximum Gasteiger partial charge on any atom is 0.00869 e. The predicted molar refractivity (Wildman–Crippen MR) is 94.3 cm³/mol. The van der Waals surface area contributed by atoms with E-state index in [-0.39, 0.29) is 0 Å². The van der Waals surface area contributed by atoms with E-state index in [1.807, 2.05) is 13.8 Å². The molecule has 0 saturated heterocycles. The van der Waals surface area contributed by atoms with Gasteiger partial charge in [-0.3, -0.25) is 0 Å². The van der Waals surface area contributed by atoms with Gasteiger partial charge in [-0.25, -0.2) is 0 Å². The van der Waals surface area contributed by atoms with Crippen LogP contribution in [-0.2, 0) is 0 Å². The van der Waals surface area contributed by atoms with Crippen molar-refractivity contribution in [2.24, 2.45) is 5.73 Å². The predicted octanol–water partition coefficient (Wildman–Crippen LogP) is 5.21. The Balaban J connectivity index is 0. The number of nitrogens with zero attached hydrogens (tertiary/aromatic N) is 1. The molecule has 0 heterocycles. The van der Waals surface area contributed by atoms with E-state index in [0.29, 0.717) is 0 Å². The van der Waals surface area contributed by atoms with Crippen LogP contribution in [0.4, 0.5) is 0 Å². The molecular weight excluding hydrogens is 244 g/mol. The molecule has 1 aliphatic rings. The smallest absolute Gasteiger partial charge is 0.00869 e. The van der Waals surface area contributed by atoms with E-state index >= 15 is 0 Å². The quantitative estimate of drug-likeness (QED) is 0.651. The lowest BCUT2D eigenvalue weighted by Crippen LogP contribution is -2.31. The molecule has 2 N–H and O–H groups in total. The van der Waals surface area contributed by atoms with Gasteiger partial charge in [-0.15, -0.1) is 0 Å². The average Bonchev–Trinajstić information content (AvgIpc) is 2.53. The normalized spacial score (nSPS) is 14.4. The monoisotopic (exact) mass is 286 g/mol. The van der Waals surface area contributed by atoms with Crippen molar-refractivity contribution in [1.82, 2.24) is 4.90 Å². The number of rotatable bonds is 7. The molecule has 20 heavy (non-hydrogen) atoms. The van der Waals surface area contributed by atoms with Crippen LogP contribution in [0.25, 0.3) is 0 Å². The van der Waals surface area contributed by atoms with Crippen molar-refractivity contribution in [2.45, 2.75) is 97.9 Å². The lowest BCUT2D eigenvalue weighted by molar-refractivity contribution is 0.226. The summed E-state index contributed by atoms with van der Waals surface area (Å²) in [5.74, 6) is 0. The summed E-state index contributed by atoms with van der Waals surface area (Å²) in [6.45, 7) is 10.5. The van der Waals surface area contributed by atoms with E-state index in [0.717, 1.165) is 19.0 Å². The summed E-state index contributed by atoms with van der Waals surface area (Å²) < 4.78 is 0. The Hall–Kier alpha value is -0.0800. The fraction of sp³-hybridized carbons (Fsp3) is 1.00. The highest BCUT2D eigenvalue weighted by Gasteiger charge is 2.08. The van der Waals surface area contributed by atoms with Crippen molar-refractivity contribution < 1.29 is 0 Å². The minimum atomic E-state index is 0.766. The fourth-order valence-electron chi connectivity index (χ4n) is 2.66. The third-order valence-corrected chi connectivity index (χ3v) is 4.03. The molecule has 0 aromatic rings. The fourth-order valence-corrected chi connectivity index (χ4v) is 2.66. The minimum Gasteiger partial charge on any atom is -0.330 e. The molecule has 0 bridgehead atoms. The zero-order valence-electron chi connectivity index (χ0n) is 15.1. The first-order chi connectivity index (χ1) is 9.76. The van der Waals surface area contributed by atoms with E-state index in [1.54, 1.807) is 0 Å². The first-order valence-electron chi connectivity index (χ1n) is 9.16. The van der Waals surface area contributed by atoms with Crippen LogP contribution in [0.2, 0.25) is 0 Å². The number of nitrogens with two attached hydrogens (primary N) is 1. The largest absolute Gasteiger partial charge is 0.330 e. The van der Waals surface area contributed by atoms with Gasteiger partial charge in [-0.05, 0) is 45.8 Å². The highest BCUT2D eigenvalue weighted by molar-refractivity contribution is 4.64. The molecule has 1 rings (SSSR count). The van der Waals surface area contributed by atoms with Crippen LogP contribution in [-0.4, -0.2) is 31.1 Å². The van der Waals surface area contributed by atoms with Gasteiger partial charge in [0, 0.05) is 6.04 Å². The molecule has 0 aliphatic heterocycles. The van der Waals surface area contributed by atoms with Crippen LogP contribution in [0.3, 0.4) is 0 Å². The SMILES string of the molecule is C1CCCCC1.CC.CCC(CC)N(C)CCCCN. The van der Waals surface area contributed by atoms with Gasteiger partial charge in [0.05, 0.1) is 0 Å². The molecule has 0 aromatic carbocycles. The Labute approximate surface area is 129 Å². The number of unbranched alkanes of at least 4 members (excludes halogenated alkanes) is 1. The van der Waals surface area contributed by atoms with Crippen molar-refractivity contribution in [3.63, 3.8) is 0 Å². The van der Waals surface area contributed by atoms with Gasteiger partial charge < -0.3 is 10.6 Å². The van der Waals surface area contributed by atoms with Crippen LogP contribution < -0.4 is 5.73 Å². The molecule has 0 amide bonds. The third-order valence-electron chi connectivity index (χ3n) is 4.03. The van der Waals surface area contributed by atoms with Crippen LogP contribution in [0.5, 0.6) is 0 Å². The second-order valence-corrected chi connectivity index (χ2v) is 5.57. The van der Waals surface area contributed by atoms with Gasteiger partial charge in [-0.2, -0.15) is 0 Å². The van der Waals surface area contributed by atoms with Gasteiger partial charge in [0.1, 0.15) is 0 Å². The summed E-state index contributed by atoms with van der Waals surface area (Å²) in [5.41, 5.74) is 5.44. The molecule has 1 fully saturated rings. The summed E-state index contributed by atoms with van der Waals surface area (Å²) in [7, 11) is 2.22. The summed E-state index contributed by atoms with van der Waals surface area (Å²) in [6.07, 6.45) is 13.9. The standard InChI is InChI=1S/C10H24N2.C6H12.C2H6/c1-4-10(5-2)12(3)9-7-6-8-11;1-2-4-6-5-3-1;1-2/h10H,4-9,11H2,1-3H3;1-6H2;1-2H3. The molecule has 0 spiro atoms. The van der Waals surface area contributed by atoms with Crippen LogP contribution >= 0.6 is 0 Å². The van der Waals surface area contributed by atoms with Crippen molar-refractivity contribution in [3.8, 4) is 0 Å². The highest BCUT2D eigenvalue weighted by Crippen LogP contribution is 2.15. The molecule has 0 radical (unpaired) electrons. The summed E-state index contributed by atoms with van der Waals surface area (Å²) in [4.78, 5) is 2.45. The lowest BCUT2D eigenvalue weighted by atomic mass is 10.0. The topological polar surface area (TPSA) is 29.3 Å². The van der Waals surface area contributed by atoms with Crippen LogP contribution in [0.1, 0.15) is 91.9 Å². The molecule has 1 aliphatic carbocycles. The maximum absolute atomic E-state index is 5.44. The Morgan fingerprint density at radius 1 is 0.850 bits per heavy atom. The Bertz CT molecular complexity index is 140. The second kappa shape index (κ2) is 18.9. The molecule has 0 unspecified atom stereocenters. The zero-order chi connectivity index (χ0) is 15.6. The van der Waals surface area contributed by atoms with Crippen molar-refractivity contribution >= 4 is 0 Å². The van der Waals surface area contributed by atoms with E-state index in [4.69, 9.17) is 5.73 Å². The maximum atomic E-state index is 5.44. The molecule has 124 valence electrons. The molecule has 1 saturated carbocycles. The van der Waals surface area contributed by atoms with Crippen LogP contribution in [0, 0.1) is 0 Å². The number of hydrogen-bond acceptors (Lipinski definition) is 2. The first-order valence-corrected chi connectivity index (χ1v) is 9.16. The van der Waals surface area contributed by atoms with E-state index in [9.17, 15) is 0 Å². The van der Waals surface area contributed by atoms with Crippen LogP contribution in [0.15, 0.2) is 0 Å². The van der Waals surface area contributed by atoms with Crippen molar-refractivity contribution in [2.75, 3.05) is 20.1 Å². The minimum absolute atomic E-state index is 0.766. The zero-order valence-corrected chi connectivity index (χ0v) is 15.1. The van der Waals surface area contributed by atoms with E-state index in [2.05, 4.69) is 25.8 Å². The number of hydrogen-bond donors (Lipinski definition) is 1. The lowest BCUT2D eigenvalue weighted by Gasteiger charge is -2.25. The molecule has 2 nitrogen and oxygen atoms in total. The summed E-state index contributed by atoms with van der Waals surface area (Å²) in [5, 5.41) is 0. The summed E-state index contributed by atoms with van der Waals surface area (Å²) in [6, 6.07) is 0.766. The Morgan fingerprint density at radius 3 is 1.55 bits per heavy atom. The first kappa shape index (κ1) is 22.2. The van der Waals surface area contributed by atoms with Gasteiger partial charge in [0.15, 0.2) is 0 Å². The van der Waals surface area contributed by atoms with Crippen molar-refractivity contribution in [3.05, 3.63) is 0 Å². The molecule has 0 atom stereocenters. The molecular formula is C18H42N2. The van der Waals surface area contributed by atoms with E-state index < -0.39 is 0 Å². The van der Waals surface area contributed by atoms with Gasteiger partial charge in [0.2, 0.25) is 0 Å². The average molecular weight is 287 g/mol. The third kappa shape index (κ3) is 14.3. The second-order valence-electron chi connectivity index (χ2n) is 5.57. The van der Waals surface area contributed by atoms with Gasteiger partial charge in [-0.1, -0.05) is 66.2 Å². The Kier molecular flexibility index (Phi) is 21.0. The van der Waals surface area contributed by atoms with E-state index in [1.165, 1.54) is 64.3 Å².